The van der Waals surface area contributed by atoms with Crippen molar-refractivity contribution in [1.82, 2.24) is 0 Å². The zero-order chi connectivity index (χ0) is 19.1. The predicted molar refractivity (Wildman–Crippen MR) is 118 cm³/mol. The van der Waals surface area contributed by atoms with Crippen molar-refractivity contribution in [3.8, 4) is 22.4 Å². The summed E-state index contributed by atoms with van der Waals surface area (Å²) in [5, 5.41) is 5.18. The molecular weight excluding hydrogens is 338 g/mol. The molecule has 0 spiro atoms. The van der Waals surface area contributed by atoms with Gasteiger partial charge in [0.05, 0.1) is 0 Å². The summed E-state index contributed by atoms with van der Waals surface area (Å²) in [5.41, 5.74) is 6.30. The van der Waals surface area contributed by atoms with Crippen molar-refractivity contribution in [2.75, 3.05) is 0 Å². The van der Waals surface area contributed by atoms with Crippen LogP contribution in [0.2, 0.25) is 0 Å². The summed E-state index contributed by atoms with van der Waals surface area (Å²) in [6.45, 7) is 2.18. The highest BCUT2D eigenvalue weighted by molar-refractivity contribution is 6.08. The van der Waals surface area contributed by atoms with E-state index in [0.29, 0.717) is 0 Å². The smallest absolute Gasteiger partial charge is 0.201 e. The Hall–Kier alpha value is -3.45. The molecule has 0 fully saturated rings. The topological polar surface area (TPSA) is 3.88 Å². The third-order valence-corrected chi connectivity index (χ3v) is 5.65. The van der Waals surface area contributed by atoms with Crippen molar-refractivity contribution >= 4 is 21.5 Å². The fraction of sp³-hybridized carbons (Fsp3) is 0.0741. The number of pyridine rings is 1. The van der Waals surface area contributed by atoms with Gasteiger partial charge in [0.15, 0.2) is 6.20 Å². The van der Waals surface area contributed by atoms with Crippen LogP contribution in [0.15, 0.2) is 97.2 Å². The van der Waals surface area contributed by atoms with Crippen molar-refractivity contribution in [3.05, 3.63) is 103 Å². The van der Waals surface area contributed by atoms with Gasteiger partial charge in [0.2, 0.25) is 5.69 Å². The zero-order valence-corrected chi connectivity index (χ0v) is 16.2. The maximum Gasteiger partial charge on any atom is 0.212 e. The van der Waals surface area contributed by atoms with Crippen molar-refractivity contribution in [2.45, 2.75) is 6.92 Å². The predicted octanol–water partition coefficient (Wildman–Crippen LogP) is 6.46. The van der Waals surface area contributed by atoms with E-state index in [1.807, 2.05) is 0 Å². The second-order valence-electron chi connectivity index (χ2n) is 7.45. The SMILES string of the molecule is Cc1ccc(-c2ccc3ccc4ccccc4c3c2)cc1-c1cccc[n+]1C. The highest BCUT2D eigenvalue weighted by Crippen LogP contribution is 2.32. The molecule has 0 aliphatic heterocycles. The van der Waals surface area contributed by atoms with E-state index in [1.165, 1.54) is 49.5 Å². The van der Waals surface area contributed by atoms with Crippen molar-refractivity contribution in [3.63, 3.8) is 0 Å². The summed E-state index contributed by atoms with van der Waals surface area (Å²) in [5.74, 6) is 0. The summed E-state index contributed by atoms with van der Waals surface area (Å²) in [7, 11) is 2.10. The second kappa shape index (κ2) is 6.61. The molecule has 0 unspecified atom stereocenters. The molecule has 134 valence electrons. The second-order valence-corrected chi connectivity index (χ2v) is 7.45. The Kier molecular flexibility index (Phi) is 3.95. The van der Waals surface area contributed by atoms with E-state index < -0.39 is 0 Å². The Bertz CT molecular complexity index is 1330. The number of hydrogen-bond acceptors (Lipinski definition) is 0. The molecule has 4 aromatic carbocycles. The van der Waals surface area contributed by atoms with Crippen molar-refractivity contribution in [1.29, 1.82) is 0 Å². The molecular formula is C27H22N+. The lowest BCUT2D eigenvalue weighted by molar-refractivity contribution is -0.660. The van der Waals surface area contributed by atoms with Crippen LogP contribution >= 0.6 is 0 Å². The highest BCUT2D eigenvalue weighted by Gasteiger charge is 2.13. The van der Waals surface area contributed by atoms with Gasteiger partial charge in [-0.25, -0.2) is 4.57 Å². The minimum atomic E-state index is 1.23. The van der Waals surface area contributed by atoms with Gasteiger partial charge in [0, 0.05) is 17.7 Å². The molecule has 1 heteroatoms. The molecule has 0 N–H and O–H groups in total. The molecule has 0 aliphatic carbocycles. The number of hydrogen-bond donors (Lipinski definition) is 0. The van der Waals surface area contributed by atoms with Crippen LogP contribution in [0.25, 0.3) is 43.9 Å². The van der Waals surface area contributed by atoms with E-state index in [1.54, 1.807) is 0 Å². The van der Waals surface area contributed by atoms with Crippen molar-refractivity contribution < 1.29 is 4.57 Å². The van der Waals surface area contributed by atoms with Crippen LogP contribution in [-0.2, 0) is 7.05 Å². The molecule has 0 saturated carbocycles. The van der Waals surface area contributed by atoms with Gasteiger partial charge in [0.25, 0.3) is 0 Å². The molecule has 0 aliphatic rings. The van der Waals surface area contributed by atoms with Gasteiger partial charge in [-0.05, 0) is 63.4 Å². The Morgan fingerprint density at radius 2 is 1.29 bits per heavy atom. The lowest BCUT2D eigenvalue weighted by atomic mass is 9.94. The highest BCUT2D eigenvalue weighted by atomic mass is 14.9. The Balaban J connectivity index is 1.71. The monoisotopic (exact) mass is 360 g/mol. The largest absolute Gasteiger partial charge is 0.212 e. The van der Waals surface area contributed by atoms with E-state index in [-0.39, 0.29) is 0 Å². The molecule has 0 amide bonds. The third-order valence-electron chi connectivity index (χ3n) is 5.65. The number of rotatable bonds is 2. The van der Waals surface area contributed by atoms with Gasteiger partial charge >= 0.3 is 0 Å². The van der Waals surface area contributed by atoms with Crippen LogP contribution < -0.4 is 4.57 Å². The molecule has 0 bridgehead atoms. The summed E-state index contributed by atoms with van der Waals surface area (Å²) < 4.78 is 2.18. The zero-order valence-electron chi connectivity index (χ0n) is 16.2. The summed E-state index contributed by atoms with van der Waals surface area (Å²) in [6.07, 6.45) is 2.10. The number of fused-ring (bicyclic) bond motifs is 3. The standard InChI is InChI=1S/C27H22N/c1-19-10-11-22(17-25(19)27-9-5-6-16-28(27)2)23-15-14-21-13-12-20-7-3-4-8-24(20)26(21)18-23/h3-18H,1-2H3/q+1. The first-order valence-electron chi connectivity index (χ1n) is 9.68. The first-order chi connectivity index (χ1) is 13.7. The van der Waals surface area contributed by atoms with Gasteiger partial charge in [-0.15, -0.1) is 0 Å². The van der Waals surface area contributed by atoms with E-state index in [2.05, 4.69) is 116 Å². The van der Waals surface area contributed by atoms with E-state index in [4.69, 9.17) is 0 Å². The summed E-state index contributed by atoms with van der Waals surface area (Å²) >= 11 is 0. The van der Waals surface area contributed by atoms with Gasteiger partial charge in [-0.1, -0.05) is 60.7 Å². The average Bonchev–Trinajstić information content (AvgIpc) is 2.74. The Morgan fingerprint density at radius 1 is 0.607 bits per heavy atom. The van der Waals surface area contributed by atoms with Crippen LogP contribution in [0.4, 0.5) is 0 Å². The molecule has 0 radical (unpaired) electrons. The number of aryl methyl sites for hydroxylation is 2. The van der Waals surface area contributed by atoms with E-state index >= 15 is 0 Å². The van der Waals surface area contributed by atoms with Gasteiger partial charge in [-0.2, -0.15) is 0 Å². The van der Waals surface area contributed by atoms with Gasteiger partial charge in [-0.3, -0.25) is 0 Å². The Morgan fingerprint density at radius 3 is 2.14 bits per heavy atom. The van der Waals surface area contributed by atoms with Gasteiger partial charge in [0.1, 0.15) is 7.05 Å². The molecule has 1 heterocycles. The fourth-order valence-electron chi connectivity index (χ4n) is 4.06. The minimum absolute atomic E-state index is 1.23. The van der Waals surface area contributed by atoms with Gasteiger partial charge < -0.3 is 0 Å². The van der Waals surface area contributed by atoms with Crippen LogP contribution in [0.5, 0.6) is 0 Å². The van der Waals surface area contributed by atoms with Crippen LogP contribution in [0.1, 0.15) is 5.56 Å². The minimum Gasteiger partial charge on any atom is -0.201 e. The first kappa shape index (κ1) is 16.7. The van der Waals surface area contributed by atoms with E-state index in [9.17, 15) is 0 Å². The summed E-state index contributed by atoms with van der Waals surface area (Å²) in [4.78, 5) is 0. The molecule has 1 aromatic heterocycles. The molecule has 0 saturated heterocycles. The van der Waals surface area contributed by atoms with Crippen LogP contribution in [0, 0.1) is 6.92 Å². The maximum absolute atomic E-state index is 2.33. The molecule has 5 aromatic rings. The third kappa shape index (κ3) is 2.76. The number of aromatic nitrogens is 1. The molecule has 0 atom stereocenters. The molecule has 5 rings (SSSR count). The lowest BCUT2D eigenvalue weighted by Gasteiger charge is -2.10. The molecule has 28 heavy (non-hydrogen) atoms. The van der Waals surface area contributed by atoms with Crippen LogP contribution in [-0.4, -0.2) is 0 Å². The van der Waals surface area contributed by atoms with Crippen LogP contribution in [0.3, 0.4) is 0 Å². The normalized spacial score (nSPS) is 11.2. The maximum atomic E-state index is 2.33. The fourth-order valence-corrected chi connectivity index (χ4v) is 4.06. The average molecular weight is 360 g/mol. The Labute approximate surface area is 165 Å². The van der Waals surface area contributed by atoms with E-state index in [0.717, 1.165) is 0 Å². The van der Waals surface area contributed by atoms with Crippen molar-refractivity contribution in [2.24, 2.45) is 7.05 Å². The first-order valence-corrected chi connectivity index (χ1v) is 9.68. The quantitative estimate of drug-likeness (QED) is 0.251. The lowest BCUT2D eigenvalue weighted by Crippen LogP contribution is -2.30. The number of nitrogens with zero attached hydrogens (tertiary/aromatic N) is 1. The summed E-state index contributed by atoms with van der Waals surface area (Å²) in [6, 6.07) is 33.0. The molecule has 1 nitrogen and oxygen atoms in total. The number of benzene rings is 4.